The highest BCUT2D eigenvalue weighted by molar-refractivity contribution is 7.92. The number of sulfonamides is 1. The van der Waals surface area contributed by atoms with Crippen LogP contribution >= 0.6 is 0 Å². The fourth-order valence-corrected chi connectivity index (χ4v) is 5.77. The molecule has 3 aromatic rings. The maximum atomic E-state index is 14.1. The van der Waals surface area contributed by atoms with Crippen molar-refractivity contribution in [3.05, 3.63) is 84.2 Å². The third-order valence-corrected chi connectivity index (χ3v) is 8.20. The number of carbonyl (C=O) groups is 2. The molecule has 3 aromatic carbocycles. The van der Waals surface area contributed by atoms with Crippen LogP contribution in [0.5, 0.6) is 11.5 Å². The zero-order valence-electron chi connectivity index (χ0n) is 24.8. The maximum absolute atomic E-state index is 14.1. The molecule has 42 heavy (non-hydrogen) atoms. The fraction of sp³-hybridized carbons (Fsp3) is 0.355. The Morgan fingerprint density at radius 2 is 1.55 bits per heavy atom. The third-order valence-electron chi connectivity index (χ3n) is 6.41. The van der Waals surface area contributed by atoms with Crippen molar-refractivity contribution in [3.8, 4) is 11.5 Å². The van der Waals surface area contributed by atoms with E-state index in [1.54, 1.807) is 31.2 Å². The van der Waals surface area contributed by atoms with E-state index < -0.39 is 39.9 Å². The zero-order valence-corrected chi connectivity index (χ0v) is 25.6. The number of halogens is 1. The number of anilines is 1. The molecule has 0 spiro atoms. The highest BCUT2D eigenvalue weighted by Gasteiger charge is 2.34. The van der Waals surface area contributed by atoms with Crippen LogP contribution in [0.2, 0.25) is 0 Å². The Bertz CT molecular complexity index is 1470. The number of ether oxygens (including phenoxy) is 2. The number of carbonyl (C=O) groups excluding carboxylic acids is 2. The standard InChI is InChI=1S/C31H38FN3O6S/c1-7-28(30(37)33-31(2,3)4)34(20-22-9-8-10-26(19-22)41-6)29(36)21-35(24-13-11-23(32)12-14-24)42(38,39)27-17-15-25(40-5)16-18-27/h8-19,28H,7,20-21H2,1-6H3,(H,33,37)/t28-/m0/s1. The number of benzene rings is 3. The summed E-state index contributed by atoms with van der Waals surface area (Å²) >= 11 is 0. The van der Waals surface area contributed by atoms with Crippen molar-refractivity contribution in [2.75, 3.05) is 25.1 Å². The number of rotatable bonds is 12. The van der Waals surface area contributed by atoms with Gasteiger partial charge in [-0.25, -0.2) is 12.8 Å². The lowest BCUT2D eigenvalue weighted by molar-refractivity contribution is -0.141. The highest BCUT2D eigenvalue weighted by atomic mass is 32.2. The van der Waals surface area contributed by atoms with Gasteiger partial charge in [-0.3, -0.25) is 13.9 Å². The van der Waals surface area contributed by atoms with E-state index in [4.69, 9.17) is 9.47 Å². The number of amides is 2. The van der Waals surface area contributed by atoms with E-state index in [9.17, 15) is 22.4 Å². The van der Waals surface area contributed by atoms with E-state index in [1.807, 2.05) is 20.8 Å². The summed E-state index contributed by atoms with van der Waals surface area (Å²) in [4.78, 5) is 28.8. The van der Waals surface area contributed by atoms with Gasteiger partial charge in [0.05, 0.1) is 24.8 Å². The van der Waals surface area contributed by atoms with Crippen LogP contribution < -0.4 is 19.1 Å². The molecule has 0 fully saturated rings. The van der Waals surface area contributed by atoms with Gasteiger partial charge >= 0.3 is 0 Å². The lowest BCUT2D eigenvalue weighted by Crippen LogP contribution is -2.55. The predicted molar refractivity (Wildman–Crippen MR) is 159 cm³/mol. The van der Waals surface area contributed by atoms with E-state index in [0.29, 0.717) is 17.1 Å². The lowest BCUT2D eigenvalue weighted by Gasteiger charge is -2.34. The molecule has 0 aliphatic rings. The van der Waals surface area contributed by atoms with Crippen molar-refractivity contribution in [1.29, 1.82) is 0 Å². The topological polar surface area (TPSA) is 105 Å². The Kier molecular flexibility index (Phi) is 10.6. The number of nitrogens with zero attached hydrogens (tertiary/aromatic N) is 2. The maximum Gasteiger partial charge on any atom is 0.264 e. The summed E-state index contributed by atoms with van der Waals surface area (Å²) in [5.41, 5.74) is 0.220. The van der Waals surface area contributed by atoms with Crippen LogP contribution in [-0.2, 0) is 26.2 Å². The van der Waals surface area contributed by atoms with Crippen molar-refractivity contribution >= 4 is 27.5 Å². The number of methoxy groups -OCH3 is 2. The molecule has 0 saturated heterocycles. The summed E-state index contributed by atoms with van der Waals surface area (Å²) < 4.78 is 53.0. The van der Waals surface area contributed by atoms with Gasteiger partial charge in [0.15, 0.2) is 0 Å². The third kappa shape index (κ3) is 8.22. The molecule has 0 aliphatic carbocycles. The van der Waals surface area contributed by atoms with Gasteiger partial charge in [0, 0.05) is 12.1 Å². The van der Waals surface area contributed by atoms with Crippen LogP contribution in [0.1, 0.15) is 39.7 Å². The predicted octanol–water partition coefficient (Wildman–Crippen LogP) is 4.76. The Morgan fingerprint density at radius 3 is 2.10 bits per heavy atom. The molecule has 0 saturated carbocycles. The smallest absolute Gasteiger partial charge is 0.264 e. The van der Waals surface area contributed by atoms with Crippen molar-refractivity contribution in [3.63, 3.8) is 0 Å². The first-order chi connectivity index (χ1) is 19.8. The molecule has 1 atom stereocenters. The molecule has 11 heteroatoms. The first kappa shape index (κ1) is 32.4. The average Bonchev–Trinajstić information content (AvgIpc) is 2.95. The van der Waals surface area contributed by atoms with E-state index in [0.717, 1.165) is 16.4 Å². The minimum atomic E-state index is -4.30. The monoisotopic (exact) mass is 599 g/mol. The quantitative estimate of drug-likeness (QED) is 0.322. The number of hydrogen-bond acceptors (Lipinski definition) is 6. The van der Waals surface area contributed by atoms with Crippen molar-refractivity contribution in [2.24, 2.45) is 0 Å². The van der Waals surface area contributed by atoms with Gasteiger partial charge in [0.2, 0.25) is 11.8 Å². The Labute approximate surface area is 247 Å². The minimum Gasteiger partial charge on any atom is -0.497 e. The van der Waals surface area contributed by atoms with Gasteiger partial charge < -0.3 is 19.7 Å². The molecule has 226 valence electrons. The van der Waals surface area contributed by atoms with Gasteiger partial charge in [0.25, 0.3) is 10.0 Å². The number of hydrogen-bond donors (Lipinski definition) is 1. The van der Waals surface area contributed by atoms with Crippen LogP contribution in [0.3, 0.4) is 0 Å². The SMILES string of the molecule is CC[C@@H](C(=O)NC(C)(C)C)N(Cc1cccc(OC)c1)C(=O)CN(c1ccc(F)cc1)S(=O)(=O)c1ccc(OC)cc1. The van der Waals surface area contributed by atoms with Gasteiger partial charge in [0.1, 0.15) is 29.9 Å². The van der Waals surface area contributed by atoms with Gasteiger partial charge in [-0.2, -0.15) is 0 Å². The molecule has 0 aromatic heterocycles. The first-order valence-electron chi connectivity index (χ1n) is 13.5. The van der Waals surface area contributed by atoms with Gasteiger partial charge in [-0.1, -0.05) is 19.1 Å². The zero-order chi connectivity index (χ0) is 31.1. The molecule has 0 radical (unpaired) electrons. The molecular weight excluding hydrogens is 561 g/mol. The Hall–Kier alpha value is -4.12. The van der Waals surface area contributed by atoms with Gasteiger partial charge in [-0.05, 0) is 93.4 Å². The minimum absolute atomic E-state index is 0.0198. The summed E-state index contributed by atoms with van der Waals surface area (Å²) in [7, 11) is -1.31. The molecule has 3 rings (SSSR count). The van der Waals surface area contributed by atoms with Crippen LogP contribution in [0.25, 0.3) is 0 Å². The van der Waals surface area contributed by atoms with Crippen LogP contribution in [-0.4, -0.2) is 57.5 Å². The summed E-state index contributed by atoms with van der Waals surface area (Å²) in [6.45, 7) is 6.68. The van der Waals surface area contributed by atoms with E-state index in [1.165, 1.54) is 55.5 Å². The molecule has 0 aliphatic heterocycles. The average molecular weight is 600 g/mol. The number of nitrogens with one attached hydrogen (secondary N) is 1. The lowest BCUT2D eigenvalue weighted by atomic mass is 10.1. The summed E-state index contributed by atoms with van der Waals surface area (Å²) in [6.07, 6.45) is 0.277. The molecule has 1 N–H and O–H groups in total. The largest absolute Gasteiger partial charge is 0.497 e. The molecular formula is C31H38FN3O6S. The summed E-state index contributed by atoms with van der Waals surface area (Å²) in [5, 5.41) is 2.93. The van der Waals surface area contributed by atoms with Crippen LogP contribution in [0.15, 0.2) is 77.7 Å². The van der Waals surface area contributed by atoms with E-state index >= 15 is 0 Å². The van der Waals surface area contributed by atoms with E-state index in [-0.39, 0.29) is 29.5 Å². The fourth-order valence-electron chi connectivity index (χ4n) is 4.35. The molecule has 0 bridgehead atoms. The van der Waals surface area contributed by atoms with Crippen molar-refractivity contribution < 1.29 is 31.9 Å². The van der Waals surface area contributed by atoms with Crippen molar-refractivity contribution in [2.45, 2.75) is 57.1 Å². The summed E-state index contributed by atoms with van der Waals surface area (Å²) in [6, 6.07) is 16.7. The van der Waals surface area contributed by atoms with Gasteiger partial charge in [-0.15, -0.1) is 0 Å². The molecule has 0 heterocycles. The second kappa shape index (κ2) is 13.7. The molecule has 9 nitrogen and oxygen atoms in total. The summed E-state index contributed by atoms with van der Waals surface area (Å²) in [5.74, 6) is -0.514. The molecule has 0 unspecified atom stereocenters. The van der Waals surface area contributed by atoms with Crippen LogP contribution in [0.4, 0.5) is 10.1 Å². The Balaban J connectivity index is 2.08. The first-order valence-corrected chi connectivity index (χ1v) is 14.9. The van der Waals surface area contributed by atoms with Crippen molar-refractivity contribution in [1.82, 2.24) is 10.2 Å². The normalized spacial score (nSPS) is 12.3. The second-order valence-corrected chi connectivity index (χ2v) is 12.6. The highest BCUT2D eigenvalue weighted by Crippen LogP contribution is 2.27. The van der Waals surface area contributed by atoms with Crippen LogP contribution in [0, 0.1) is 5.82 Å². The molecule has 2 amide bonds. The van der Waals surface area contributed by atoms with E-state index in [2.05, 4.69) is 5.32 Å². The second-order valence-electron chi connectivity index (χ2n) is 10.7. The Morgan fingerprint density at radius 1 is 0.929 bits per heavy atom.